The van der Waals surface area contributed by atoms with Gasteiger partial charge in [0.15, 0.2) is 5.76 Å². The lowest BCUT2D eigenvalue weighted by Crippen LogP contribution is -2.18. The van der Waals surface area contributed by atoms with E-state index in [-0.39, 0.29) is 17.6 Å². The minimum Gasteiger partial charge on any atom is -0.485 e. The van der Waals surface area contributed by atoms with Crippen LogP contribution in [0.2, 0.25) is 0 Å². The third kappa shape index (κ3) is 3.31. The topological polar surface area (TPSA) is 61.8 Å². The molecular weight excluding hydrogens is 400 g/mol. The van der Waals surface area contributed by atoms with E-state index >= 15 is 0 Å². The molecule has 0 spiro atoms. The molecule has 0 fully saturated rings. The third-order valence-electron chi connectivity index (χ3n) is 4.89. The van der Waals surface area contributed by atoms with E-state index in [0.29, 0.717) is 21.9 Å². The number of Topliss-reactive ketones (excluding diaryl/α,β-unsaturated/α-hetero) is 1. The van der Waals surface area contributed by atoms with E-state index in [1.54, 1.807) is 41.8 Å². The van der Waals surface area contributed by atoms with E-state index in [1.165, 1.54) is 11.3 Å². The molecule has 0 amide bonds. The number of benzene rings is 2. The van der Waals surface area contributed by atoms with E-state index in [2.05, 4.69) is 0 Å². The van der Waals surface area contributed by atoms with Gasteiger partial charge >= 0.3 is 5.97 Å². The Labute approximate surface area is 176 Å². The van der Waals surface area contributed by atoms with Crippen molar-refractivity contribution in [2.45, 2.75) is 13.0 Å². The molecule has 0 unspecified atom stereocenters. The van der Waals surface area contributed by atoms with Gasteiger partial charge in [-0.25, -0.2) is 4.79 Å². The molecule has 1 atom stereocenters. The molecule has 2 aromatic carbocycles. The Morgan fingerprint density at radius 3 is 2.80 bits per heavy atom. The summed E-state index contributed by atoms with van der Waals surface area (Å²) in [7, 11) is 0. The molecule has 5 nitrogen and oxygen atoms in total. The van der Waals surface area contributed by atoms with Crippen molar-refractivity contribution in [1.29, 1.82) is 0 Å². The van der Waals surface area contributed by atoms with Crippen LogP contribution in [0, 0.1) is 0 Å². The largest absolute Gasteiger partial charge is 0.485 e. The lowest BCUT2D eigenvalue weighted by atomic mass is 10.0. The molecule has 5 rings (SSSR count). The second-order valence-electron chi connectivity index (χ2n) is 6.91. The monoisotopic (exact) mass is 416 g/mol. The molecule has 6 heteroatoms. The predicted octanol–water partition coefficient (Wildman–Crippen LogP) is 5.29. The molecule has 0 aliphatic carbocycles. The average Bonchev–Trinajstić information content (AvgIpc) is 3.38. The number of allylic oxidation sites excluding steroid dienone is 1. The Kier molecular flexibility index (Phi) is 4.48. The summed E-state index contributed by atoms with van der Waals surface area (Å²) in [6, 6.07) is 16.0. The van der Waals surface area contributed by atoms with Gasteiger partial charge in [-0.2, -0.15) is 0 Å². The van der Waals surface area contributed by atoms with Crippen LogP contribution in [-0.2, 0) is 0 Å². The van der Waals surface area contributed by atoms with Gasteiger partial charge in [0.1, 0.15) is 28.2 Å². The molecule has 0 N–H and O–H groups in total. The van der Waals surface area contributed by atoms with Crippen LogP contribution in [0.25, 0.3) is 6.08 Å². The molecule has 0 saturated heterocycles. The van der Waals surface area contributed by atoms with Crippen LogP contribution >= 0.6 is 11.3 Å². The molecule has 2 aliphatic rings. The van der Waals surface area contributed by atoms with E-state index < -0.39 is 5.97 Å². The molecule has 0 bridgehead atoms. The summed E-state index contributed by atoms with van der Waals surface area (Å²) in [5.74, 6) is 1.06. The first kappa shape index (κ1) is 18.4. The fourth-order valence-corrected chi connectivity index (χ4v) is 3.95. The summed E-state index contributed by atoms with van der Waals surface area (Å²) in [6.07, 6.45) is 3.49. The second kappa shape index (κ2) is 7.31. The van der Waals surface area contributed by atoms with Crippen molar-refractivity contribution in [3.63, 3.8) is 0 Å². The summed E-state index contributed by atoms with van der Waals surface area (Å²) in [5, 5.41) is 1.81. The minimum atomic E-state index is -0.443. The summed E-state index contributed by atoms with van der Waals surface area (Å²) < 4.78 is 17.1. The van der Waals surface area contributed by atoms with Gasteiger partial charge in [-0.15, -0.1) is 11.3 Å². The van der Waals surface area contributed by atoms with Crippen LogP contribution in [0.5, 0.6) is 17.2 Å². The number of carbonyl (C=O) groups excluding carboxylic acids is 2. The number of carbonyl (C=O) groups is 2. The van der Waals surface area contributed by atoms with Crippen LogP contribution < -0.4 is 14.2 Å². The number of thiophene rings is 1. The lowest BCUT2D eigenvalue weighted by Gasteiger charge is -2.22. The standard InChI is InChI=1S/C24H16O5S/c1-14-16(11-15-5-2-3-6-19(15)27-14)12-21-23(25)18-9-8-17(13-20(18)29-21)28-24(26)22-7-4-10-30-22/h2-14H,1H3/t14-/m1/s1. The number of hydrogen-bond acceptors (Lipinski definition) is 6. The molecule has 0 radical (unpaired) electrons. The second-order valence-corrected chi connectivity index (χ2v) is 7.85. The predicted molar refractivity (Wildman–Crippen MR) is 113 cm³/mol. The molecule has 3 aromatic rings. The summed E-state index contributed by atoms with van der Waals surface area (Å²) in [4.78, 5) is 25.4. The number of para-hydroxylation sites is 1. The Hall–Kier alpha value is -3.64. The highest BCUT2D eigenvalue weighted by molar-refractivity contribution is 7.12. The van der Waals surface area contributed by atoms with Crippen molar-refractivity contribution in [3.8, 4) is 17.2 Å². The van der Waals surface area contributed by atoms with Gasteiger partial charge in [0.05, 0.1) is 5.56 Å². The fourth-order valence-electron chi connectivity index (χ4n) is 3.36. The highest BCUT2D eigenvalue weighted by Crippen LogP contribution is 2.36. The van der Waals surface area contributed by atoms with Gasteiger partial charge in [0, 0.05) is 11.6 Å². The van der Waals surface area contributed by atoms with Crippen LogP contribution in [0.1, 0.15) is 32.5 Å². The molecule has 2 aliphatic heterocycles. The zero-order valence-electron chi connectivity index (χ0n) is 16.0. The van der Waals surface area contributed by atoms with Gasteiger partial charge in [-0.3, -0.25) is 4.79 Å². The number of ketones is 1. The van der Waals surface area contributed by atoms with E-state index in [9.17, 15) is 9.59 Å². The van der Waals surface area contributed by atoms with Crippen molar-refractivity contribution in [3.05, 3.63) is 93.4 Å². The first-order valence-corrected chi connectivity index (χ1v) is 10.3. The molecule has 1 aromatic heterocycles. The number of esters is 1. The maximum atomic E-state index is 12.8. The maximum absolute atomic E-state index is 12.8. The van der Waals surface area contributed by atoms with Crippen LogP contribution in [0.3, 0.4) is 0 Å². The smallest absolute Gasteiger partial charge is 0.353 e. The van der Waals surface area contributed by atoms with Crippen molar-refractivity contribution in [2.24, 2.45) is 0 Å². The van der Waals surface area contributed by atoms with Crippen molar-refractivity contribution >= 4 is 29.2 Å². The Balaban J connectivity index is 1.40. The minimum absolute atomic E-state index is 0.213. The quantitative estimate of drug-likeness (QED) is 0.330. The van der Waals surface area contributed by atoms with Gasteiger partial charge in [0.2, 0.25) is 5.78 Å². The highest BCUT2D eigenvalue weighted by Gasteiger charge is 2.29. The van der Waals surface area contributed by atoms with Crippen LogP contribution in [0.15, 0.2) is 77.4 Å². The Bertz CT molecular complexity index is 1220. The van der Waals surface area contributed by atoms with Gasteiger partial charge in [-0.1, -0.05) is 24.3 Å². The number of ether oxygens (including phenoxy) is 3. The van der Waals surface area contributed by atoms with Crippen molar-refractivity contribution in [2.75, 3.05) is 0 Å². The molecular formula is C24H16O5S. The molecule has 3 heterocycles. The zero-order chi connectivity index (χ0) is 20.7. The van der Waals surface area contributed by atoms with E-state index in [0.717, 1.165) is 16.9 Å². The summed E-state index contributed by atoms with van der Waals surface area (Å²) in [6.45, 7) is 1.92. The number of fused-ring (bicyclic) bond motifs is 2. The molecule has 148 valence electrons. The van der Waals surface area contributed by atoms with Crippen molar-refractivity contribution in [1.82, 2.24) is 0 Å². The maximum Gasteiger partial charge on any atom is 0.353 e. The van der Waals surface area contributed by atoms with Gasteiger partial charge in [-0.05, 0) is 54.3 Å². The molecule has 30 heavy (non-hydrogen) atoms. The zero-order valence-corrected chi connectivity index (χ0v) is 16.8. The molecule has 0 saturated carbocycles. The lowest BCUT2D eigenvalue weighted by molar-refractivity contribution is 0.0739. The summed E-state index contributed by atoms with van der Waals surface area (Å²) >= 11 is 1.30. The highest BCUT2D eigenvalue weighted by atomic mass is 32.1. The van der Waals surface area contributed by atoms with E-state index in [4.69, 9.17) is 14.2 Å². The third-order valence-corrected chi connectivity index (χ3v) is 5.74. The number of rotatable bonds is 3. The SMILES string of the molecule is C[C@H]1Oc2ccccc2C=C1C=C1Oc2cc(OC(=O)c3cccs3)ccc2C1=O. The fraction of sp³-hybridized carbons (Fsp3) is 0.0833. The first-order chi connectivity index (χ1) is 14.6. The average molecular weight is 416 g/mol. The summed E-state index contributed by atoms with van der Waals surface area (Å²) in [5.41, 5.74) is 2.23. The Morgan fingerprint density at radius 2 is 1.97 bits per heavy atom. The Morgan fingerprint density at radius 1 is 1.10 bits per heavy atom. The van der Waals surface area contributed by atoms with E-state index in [1.807, 2.05) is 37.3 Å². The van der Waals surface area contributed by atoms with Crippen LogP contribution in [0.4, 0.5) is 0 Å². The van der Waals surface area contributed by atoms with Crippen LogP contribution in [-0.4, -0.2) is 17.9 Å². The first-order valence-electron chi connectivity index (χ1n) is 9.40. The van der Waals surface area contributed by atoms with Gasteiger partial charge < -0.3 is 14.2 Å². The normalized spacial score (nSPS) is 18.2. The number of hydrogen-bond donors (Lipinski definition) is 0. The van der Waals surface area contributed by atoms with Crippen molar-refractivity contribution < 1.29 is 23.8 Å². The van der Waals surface area contributed by atoms with Gasteiger partial charge in [0.25, 0.3) is 0 Å².